The van der Waals surface area contributed by atoms with Crippen LogP contribution in [0.25, 0.3) is 0 Å². The summed E-state index contributed by atoms with van der Waals surface area (Å²) in [4.78, 5) is 13.6. The zero-order valence-corrected chi connectivity index (χ0v) is 11.1. The molecular weight excluding hydrogens is 230 g/mol. The summed E-state index contributed by atoms with van der Waals surface area (Å²) in [6.45, 7) is 5.74. The standard InChI is InChI=1S/C11H22ClNO3/c1-10(2)13(6-4-5-12)11(14)9-16-8-7-15-3/h10H,4-9H2,1-3H3. The molecule has 0 rings (SSSR count). The summed E-state index contributed by atoms with van der Waals surface area (Å²) in [5.74, 6) is 0.581. The lowest BCUT2D eigenvalue weighted by Gasteiger charge is -2.26. The minimum atomic E-state index is 0.0104. The fourth-order valence-corrected chi connectivity index (χ4v) is 1.41. The first-order valence-electron chi connectivity index (χ1n) is 5.55. The van der Waals surface area contributed by atoms with Crippen molar-refractivity contribution in [1.29, 1.82) is 0 Å². The molecule has 0 aliphatic carbocycles. The Morgan fingerprint density at radius 3 is 2.56 bits per heavy atom. The average molecular weight is 252 g/mol. The average Bonchev–Trinajstić information content (AvgIpc) is 2.24. The van der Waals surface area contributed by atoms with Gasteiger partial charge in [-0.15, -0.1) is 11.6 Å². The van der Waals surface area contributed by atoms with E-state index in [-0.39, 0.29) is 18.6 Å². The van der Waals surface area contributed by atoms with Crippen LogP contribution in [0.4, 0.5) is 0 Å². The summed E-state index contributed by atoms with van der Waals surface area (Å²) < 4.78 is 10.0. The van der Waals surface area contributed by atoms with Crippen molar-refractivity contribution in [1.82, 2.24) is 4.90 Å². The molecule has 0 aromatic heterocycles. The van der Waals surface area contributed by atoms with Crippen molar-refractivity contribution in [3.05, 3.63) is 0 Å². The van der Waals surface area contributed by atoms with Gasteiger partial charge in [0.05, 0.1) is 13.2 Å². The van der Waals surface area contributed by atoms with Crippen LogP contribution in [-0.2, 0) is 14.3 Å². The molecule has 0 aromatic rings. The van der Waals surface area contributed by atoms with E-state index in [0.717, 1.165) is 6.42 Å². The third kappa shape index (κ3) is 7.04. The van der Waals surface area contributed by atoms with Crippen molar-refractivity contribution in [2.45, 2.75) is 26.3 Å². The van der Waals surface area contributed by atoms with E-state index in [1.807, 2.05) is 13.8 Å². The van der Waals surface area contributed by atoms with E-state index >= 15 is 0 Å². The van der Waals surface area contributed by atoms with Crippen LogP contribution >= 0.6 is 11.6 Å². The second-order valence-corrected chi connectivity index (χ2v) is 4.15. The number of alkyl halides is 1. The molecule has 0 atom stereocenters. The molecule has 1 amide bonds. The zero-order chi connectivity index (χ0) is 12.4. The second kappa shape index (κ2) is 9.87. The molecule has 0 saturated carbocycles. The number of rotatable bonds is 9. The van der Waals surface area contributed by atoms with Gasteiger partial charge in [0.15, 0.2) is 0 Å². The van der Waals surface area contributed by atoms with Gasteiger partial charge in [-0.25, -0.2) is 0 Å². The van der Waals surface area contributed by atoms with Gasteiger partial charge in [0.25, 0.3) is 0 Å². The molecule has 0 N–H and O–H groups in total. The largest absolute Gasteiger partial charge is 0.382 e. The van der Waals surface area contributed by atoms with Crippen LogP contribution in [0.15, 0.2) is 0 Å². The lowest BCUT2D eigenvalue weighted by Crippen LogP contribution is -2.40. The van der Waals surface area contributed by atoms with Crippen LogP contribution in [0.1, 0.15) is 20.3 Å². The Morgan fingerprint density at radius 1 is 1.38 bits per heavy atom. The van der Waals surface area contributed by atoms with Crippen molar-refractivity contribution < 1.29 is 14.3 Å². The lowest BCUT2D eigenvalue weighted by atomic mass is 10.3. The van der Waals surface area contributed by atoms with Gasteiger partial charge < -0.3 is 14.4 Å². The van der Waals surface area contributed by atoms with Crippen LogP contribution in [-0.4, -0.2) is 56.2 Å². The van der Waals surface area contributed by atoms with E-state index in [0.29, 0.717) is 25.6 Å². The highest BCUT2D eigenvalue weighted by Gasteiger charge is 2.15. The fraction of sp³-hybridized carbons (Fsp3) is 0.909. The molecular formula is C11H22ClNO3. The van der Waals surface area contributed by atoms with Gasteiger partial charge in [-0.3, -0.25) is 4.79 Å². The summed E-state index contributed by atoms with van der Waals surface area (Å²) >= 11 is 5.61. The highest BCUT2D eigenvalue weighted by molar-refractivity contribution is 6.17. The molecule has 0 aromatic carbocycles. The molecule has 0 fully saturated rings. The zero-order valence-electron chi connectivity index (χ0n) is 10.4. The van der Waals surface area contributed by atoms with Crippen LogP contribution in [0.3, 0.4) is 0 Å². The first kappa shape index (κ1) is 15.7. The number of nitrogens with zero attached hydrogens (tertiary/aromatic N) is 1. The molecule has 5 heteroatoms. The molecule has 0 bridgehead atoms. The third-order valence-electron chi connectivity index (χ3n) is 2.13. The Balaban J connectivity index is 3.87. The van der Waals surface area contributed by atoms with Crippen LogP contribution in [0.2, 0.25) is 0 Å². The number of halogens is 1. The Kier molecular flexibility index (Phi) is 9.68. The Hall–Kier alpha value is -0.320. The summed E-state index contributed by atoms with van der Waals surface area (Å²) in [6, 6.07) is 0.182. The molecule has 0 aliphatic rings. The van der Waals surface area contributed by atoms with E-state index in [1.54, 1.807) is 12.0 Å². The second-order valence-electron chi connectivity index (χ2n) is 3.77. The van der Waals surface area contributed by atoms with Crippen molar-refractivity contribution in [3.63, 3.8) is 0 Å². The molecule has 0 saturated heterocycles. The molecule has 0 aliphatic heterocycles. The molecule has 0 spiro atoms. The predicted molar refractivity (Wildman–Crippen MR) is 64.9 cm³/mol. The molecule has 16 heavy (non-hydrogen) atoms. The first-order chi connectivity index (χ1) is 7.63. The molecule has 0 heterocycles. The van der Waals surface area contributed by atoms with Crippen LogP contribution < -0.4 is 0 Å². The lowest BCUT2D eigenvalue weighted by molar-refractivity contribution is -0.138. The van der Waals surface area contributed by atoms with E-state index in [9.17, 15) is 4.79 Å². The van der Waals surface area contributed by atoms with Gasteiger partial charge in [0, 0.05) is 25.6 Å². The van der Waals surface area contributed by atoms with Gasteiger partial charge in [-0.05, 0) is 20.3 Å². The van der Waals surface area contributed by atoms with Gasteiger partial charge in [0.1, 0.15) is 6.61 Å². The highest BCUT2D eigenvalue weighted by atomic mass is 35.5. The molecule has 0 radical (unpaired) electrons. The quantitative estimate of drug-likeness (QED) is 0.461. The first-order valence-corrected chi connectivity index (χ1v) is 6.09. The van der Waals surface area contributed by atoms with Crippen LogP contribution in [0, 0.1) is 0 Å². The third-order valence-corrected chi connectivity index (χ3v) is 2.40. The maximum atomic E-state index is 11.8. The number of hydrogen-bond donors (Lipinski definition) is 0. The van der Waals surface area contributed by atoms with Gasteiger partial charge >= 0.3 is 0 Å². The topological polar surface area (TPSA) is 38.8 Å². The highest BCUT2D eigenvalue weighted by Crippen LogP contribution is 2.02. The summed E-state index contributed by atoms with van der Waals surface area (Å²) in [5.41, 5.74) is 0. The van der Waals surface area contributed by atoms with Gasteiger partial charge in [-0.2, -0.15) is 0 Å². The van der Waals surface area contributed by atoms with Gasteiger partial charge in [0.2, 0.25) is 5.91 Å². The molecule has 96 valence electrons. The number of amides is 1. The van der Waals surface area contributed by atoms with Crippen LogP contribution in [0.5, 0.6) is 0 Å². The minimum absolute atomic E-state index is 0.0104. The van der Waals surface area contributed by atoms with Crippen molar-refractivity contribution in [2.24, 2.45) is 0 Å². The van der Waals surface area contributed by atoms with Crippen molar-refractivity contribution in [2.75, 3.05) is 39.4 Å². The number of methoxy groups -OCH3 is 1. The minimum Gasteiger partial charge on any atom is -0.382 e. The maximum Gasteiger partial charge on any atom is 0.248 e. The predicted octanol–water partition coefficient (Wildman–Crippen LogP) is 1.52. The van der Waals surface area contributed by atoms with E-state index in [2.05, 4.69) is 0 Å². The number of carbonyl (C=O) groups excluding carboxylic acids is 1. The summed E-state index contributed by atoms with van der Waals surface area (Å²) in [5, 5.41) is 0. The molecule has 4 nitrogen and oxygen atoms in total. The van der Waals surface area contributed by atoms with Crippen molar-refractivity contribution in [3.8, 4) is 0 Å². The number of ether oxygens (including phenoxy) is 2. The SMILES string of the molecule is COCCOCC(=O)N(CCCCl)C(C)C. The van der Waals surface area contributed by atoms with Crippen molar-refractivity contribution >= 4 is 17.5 Å². The Labute approximate surface area is 103 Å². The maximum absolute atomic E-state index is 11.8. The van der Waals surface area contributed by atoms with Gasteiger partial charge in [-0.1, -0.05) is 0 Å². The van der Waals surface area contributed by atoms with E-state index < -0.39 is 0 Å². The smallest absolute Gasteiger partial charge is 0.248 e. The normalized spacial score (nSPS) is 10.8. The summed E-state index contributed by atoms with van der Waals surface area (Å²) in [7, 11) is 1.60. The Bertz CT molecular complexity index is 188. The Morgan fingerprint density at radius 2 is 2.06 bits per heavy atom. The number of carbonyl (C=O) groups is 1. The molecule has 0 unspecified atom stereocenters. The van der Waals surface area contributed by atoms with E-state index in [1.165, 1.54) is 0 Å². The number of hydrogen-bond acceptors (Lipinski definition) is 3. The fourth-order valence-electron chi connectivity index (χ4n) is 1.29. The summed E-state index contributed by atoms with van der Waals surface area (Å²) in [6.07, 6.45) is 0.809. The van der Waals surface area contributed by atoms with E-state index in [4.69, 9.17) is 21.1 Å². The monoisotopic (exact) mass is 251 g/mol.